The number of nitrogens with one attached hydrogen (secondary N) is 1. The third kappa shape index (κ3) is 4.04. The van der Waals surface area contributed by atoms with Gasteiger partial charge in [0.1, 0.15) is 0 Å². The van der Waals surface area contributed by atoms with Crippen LogP contribution >= 0.6 is 15.9 Å². The fourth-order valence-corrected chi connectivity index (χ4v) is 2.44. The zero-order valence-electron chi connectivity index (χ0n) is 12.2. The van der Waals surface area contributed by atoms with Crippen LogP contribution in [0.3, 0.4) is 0 Å². The molecule has 6 heteroatoms. The van der Waals surface area contributed by atoms with Crippen LogP contribution in [0.15, 0.2) is 4.47 Å². The summed E-state index contributed by atoms with van der Waals surface area (Å²) in [5.41, 5.74) is 2.07. The Morgan fingerprint density at radius 1 is 1.37 bits per heavy atom. The van der Waals surface area contributed by atoms with Crippen LogP contribution in [0.25, 0.3) is 0 Å². The lowest BCUT2D eigenvalue weighted by Crippen LogP contribution is -2.37. The van der Waals surface area contributed by atoms with E-state index in [9.17, 15) is 4.79 Å². The van der Waals surface area contributed by atoms with E-state index in [4.69, 9.17) is 0 Å². The highest BCUT2D eigenvalue weighted by molar-refractivity contribution is 9.10. The highest BCUT2D eigenvalue weighted by Crippen LogP contribution is 2.20. The van der Waals surface area contributed by atoms with Crippen LogP contribution in [-0.4, -0.2) is 40.2 Å². The van der Waals surface area contributed by atoms with Gasteiger partial charge in [-0.1, -0.05) is 0 Å². The van der Waals surface area contributed by atoms with Crippen molar-refractivity contribution < 1.29 is 4.79 Å². The number of amides is 1. The van der Waals surface area contributed by atoms with E-state index >= 15 is 0 Å². The number of hydrogen-bond donors (Lipinski definition) is 1. The van der Waals surface area contributed by atoms with Crippen LogP contribution < -0.4 is 5.32 Å². The third-order valence-electron chi connectivity index (χ3n) is 3.14. The Hall–Kier alpha value is -0.880. The molecule has 0 aliphatic rings. The van der Waals surface area contributed by atoms with Crippen molar-refractivity contribution in [2.75, 3.05) is 19.6 Å². The maximum absolute atomic E-state index is 11.9. The molecule has 5 nitrogen and oxygen atoms in total. The van der Waals surface area contributed by atoms with Gasteiger partial charge in [0.05, 0.1) is 22.4 Å². The molecule has 0 saturated carbocycles. The number of carbonyl (C=O) groups excluding carboxylic acids is 1. The molecule has 1 N–H and O–H groups in total. The summed E-state index contributed by atoms with van der Waals surface area (Å²) in [6.07, 6.45) is 0. The summed E-state index contributed by atoms with van der Waals surface area (Å²) in [6.45, 7) is 11.4. The largest absolute Gasteiger partial charge is 0.342 e. The van der Waals surface area contributed by atoms with Gasteiger partial charge in [0.25, 0.3) is 0 Å². The first kappa shape index (κ1) is 16.2. The molecule has 1 rings (SSSR count). The number of aromatic nitrogens is 2. The van der Waals surface area contributed by atoms with Gasteiger partial charge in [-0.3, -0.25) is 9.48 Å². The van der Waals surface area contributed by atoms with Crippen molar-refractivity contribution in [3.63, 3.8) is 0 Å². The lowest BCUT2D eigenvalue weighted by molar-refractivity contribution is -0.129. The van der Waals surface area contributed by atoms with E-state index in [0.29, 0.717) is 13.1 Å². The van der Waals surface area contributed by atoms with Crippen molar-refractivity contribution in [1.29, 1.82) is 0 Å². The molecule has 0 spiro atoms. The number of likely N-dealkylation sites (N-methyl/N-ethyl adjacent to an activating group) is 1. The number of carbonyl (C=O) groups is 1. The first-order valence-corrected chi connectivity index (χ1v) is 7.54. The van der Waals surface area contributed by atoms with E-state index < -0.39 is 0 Å². The summed E-state index contributed by atoms with van der Waals surface area (Å²) in [5.74, 6) is 0.139. The van der Waals surface area contributed by atoms with Crippen LogP contribution in [0, 0.1) is 6.92 Å². The average molecular weight is 331 g/mol. The third-order valence-corrected chi connectivity index (χ3v) is 4.17. The van der Waals surface area contributed by atoms with Crippen molar-refractivity contribution in [3.05, 3.63) is 15.9 Å². The maximum Gasteiger partial charge on any atom is 0.236 e. The second-order valence-electron chi connectivity index (χ2n) is 4.33. The highest BCUT2D eigenvalue weighted by Gasteiger charge is 2.13. The fraction of sp³-hybridized carbons (Fsp3) is 0.692. The van der Waals surface area contributed by atoms with Gasteiger partial charge in [-0.25, -0.2) is 0 Å². The monoisotopic (exact) mass is 330 g/mol. The Bertz CT molecular complexity index is 427. The molecule has 19 heavy (non-hydrogen) atoms. The molecule has 0 bridgehead atoms. The minimum atomic E-state index is 0.139. The lowest BCUT2D eigenvalue weighted by atomic mass is 10.3. The van der Waals surface area contributed by atoms with Gasteiger partial charge in [-0.05, 0) is 43.6 Å². The van der Waals surface area contributed by atoms with Crippen LogP contribution in [0.2, 0.25) is 0 Å². The van der Waals surface area contributed by atoms with Gasteiger partial charge in [0.15, 0.2) is 0 Å². The van der Waals surface area contributed by atoms with Crippen molar-refractivity contribution >= 4 is 21.8 Å². The van der Waals surface area contributed by atoms with Crippen LogP contribution in [0.1, 0.15) is 32.2 Å². The predicted molar refractivity (Wildman–Crippen MR) is 80.0 cm³/mol. The standard InChI is InChI=1S/C13H23BrN4O/c1-5-17(6-2)12(19)9-15-8-11-13(14)10(4)16-18(11)7-3/h15H,5-9H2,1-4H3. The molecule has 0 saturated heterocycles. The summed E-state index contributed by atoms with van der Waals surface area (Å²) < 4.78 is 2.98. The lowest BCUT2D eigenvalue weighted by Gasteiger charge is -2.18. The van der Waals surface area contributed by atoms with Crippen LogP contribution in [-0.2, 0) is 17.9 Å². The summed E-state index contributed by atoms with van der Waals surface area (Å²) in [4.78, 5) is 13.7. The smallest absolute Gasteiger partial charge is 0.236 e. The molecule has 1 aromatic heterocycles. The highest BCUT2D eigenvalue weighted by atomic mass is 79.9. The van der Waals surface area contributed by atoms with E-state index in [1.54, 1.807) is 0 Å². The number of halogens is 1. The zero-order chi connectivity index (χ0) is 14.4. The number of rotatable bonds is 7. The molecule has 1 amide bonds. The Labute approximate surface area is 123 Å². The second-order valence-corrected chi connectivity index (χ2v) is 5.12. The number of nitrogens with zero attached hydrogens (tertiary/aromatic N) is 3. The molecule has 0 unspecified atom stereocenters. The van der Waals surface area contributed by atoms with E-state index in [2.05, 4.69) is 33.3 Å². The first-order valence-electron chi connectivity index (χ1n) is 6.75. The summed E-state index contributed by atoms with van der Waals surface area (Å²) in [7, 11) is 0. The van der Waals surface area contributed by atoms with Gasteiger partial charge >= 0.3 is 0 Å². The van der Waals surface area contributed by atoms with Gasteiger partial charge in [0.2, 0.25) is 5.91 Å². The number of hydrogen-bond acceptors (Lipinski definition) is 3. The number of aryl methyl sites for hydroxylation is 2. The molecule has 0 aromatic carbocycles. The van der Waals surface area contributed by atoms with E-state index in [1.807, 2.05) is 30.4 Å². The molecule has 1 heterocycles. The van der Waals surface area contributed by atoms with Crippen molar-refractivity contribution in [2.24, 2.45) is 0 Å². The Balaban J connectivity index is 2.56. The fourth-order valence-electron chi connectivity index (χ4n) is 2.01. The normalized spacial score (nSPS) is 10.8. The molecular formula is C13H23BrN4O. The van der Waals surface area contributed by atoms with Crippen molar-refractivity contribution in [2.45, 2.75) is 40.8 Å². The Morgan fingerprint density at radius 3 is 2.53 bits per heavy atom. The first-order chi connectivity index (χ1) is 9.04. The van der Waals surface area contributed by atoms with Gasteiger partial charge in [0, 0.05) is 26.2 Å². The second kappa shape index (κ2) is 7.65. The van der Waals surface area contributed by atoms with Crippen molar-refractivity contribution in [3.8, 4) is 0 Å². The van der Waals surface area contributed by atoms with Gasteiger partial charge in [-0.2, -0.15) is 5.10 Å². The summed E-state index contributed by atoms with van der Waals surface area (Å²) >= 11 is 3.55. The van der Waals surface area contributed by atoms with Gasteiger partial charge in [-0.15, -0.1) is 0 Å². The zero-order valence-corrected chi connectivity index (χ0v) is 13.7. The minimum absolute atomic E-state index is 0.139. The topological polar surface area (TPSA) is 50.2 Å². The van der Waals surface area contributed by atoms with Crippen LogP contribution in [0.5, 0.6) is 0 Å². The molecule has 108 valence electrons. The Kier molecular flexibility index (Phi) is 6.51. The maximum atomic E-state index is 11.9. The molecule has 1 aromatic rings. The summed E-state index contributed by atoms with van der Waals surface area (Å²) in [5, 5.41) is 7.63. The SMILES string of the molecule is CCN(CC)C(=O)CNCc1c(Br)c(C)nn1CC. The van der Waals surface area contributed by atoms with Crippen LogP contribution in [0.4, 0.5) is 0 Å². The summed E-state index contributed by atoms with van der Waals surface area (Å²) in [6, 6.07) is 0. The molecular weight excluding hydrogens is 308 g/mol. The molecule has 0 radical (unpaired) electrons. The molecule has 0 atom stereocenters. The molecule has 0 aliphatic carbocycles. The molecule has 0 aliphatic heterocycles. The molecule has 0 fully saturated rings. The van der Waals surface area contributed by atoms with E-state index in [1.165, 1.54) is 0 Å². The van der Waals surface area contributed by atoms with Gasteiger partial charge < -0.3 is 10.2 Å². The predicted octanol–water partition coefficient (Wildman–Crippen LogP) is 1.93. The quantitative estimate of drug-likeness (QED) is 0.831. The van der Waals surface area contributed by atoms with E-state index in [-0.39, 0.29) is 5.91 Å². The Morgan fingerprint density at radius 2 is 2.00 bits per heavy atom. The van der Waals surface area contributed by atoms with E-state index in [0.717, 1.165) is 35.5 Å². The minimum Gasteiger partial charge on any atom is -0.342 e. The van der Waals surface area contributed by atoms with Crippen molar-refractivity contribution in [1.82, 2.24) is 20.0 Å². The average Bonchev–Trinajstić information content (AvgIpc) is 2.67.